The maximum atomic E-state index is 13.1. The topological polar surface area (TPSA) is 66.6 Å². The summed E-state index contributed by atoms with van der Waals surface area (Å²) in [6.07, 6.45) is 3.28. The number of rotatable bonds is 7. The van der Waals surface area contributed by atoms with Crippen molar-refractivity contribution >= 4 is 29.1 Å². The number of carbonyl (C=O) groups is 1. The Morgan fingerprint density at radius 1 is 1.09 bits per heavy atom. The Balaban J connectivity index is 1.40. The molecule has 1 aliphatic rings. The van der Waals surface area contributed by atoms with E-state index in [2.05, 4.69) is 58.1 Å². The molecule has 4 rings (SSSR count). The molecule has 0 saturated carbocycles. The first-order chi connectivity index (χ1) is 15.5. The summed E-state index contributed by atoms with van der Waals surface area (Å²) in [5.74, 6) is 0.755. The Hall–Kier alpha value is -2.61. The fourth-order valence-corrected chi connectivity index (χ4v) is 5.07. The van der Waals surface area contributed by atoms with E-state index in [4.69, 9.17) is 0 Å². The molecule has 1 atom stereocenters. The molecule has 0 aliphatic carbocycles. The van der Waals surface area contributed by atoms with Crippen LogP contribution in [0.2, 0.25) is 0 Å². The van der Waals surface area contributed by atoms with Gasteiger partial charge in [0.25, 0.3) is 5.78 Å². The fraction of sp³-hybridized carbons (Fsp3) is 0.500. The first-order valence-electron chi connectivity index (χ1n) is 11.5. The lowest BCUT2D eigenvalue weighted by atomic mass is 10.1. The van der Waals surface area contributed by atoms with Gasteiger partial charge in [0.15, 0.2) is 0 Å². The first kappa shape index (κ1) is 22.6. The molecular formula is C24H32N6OS. The van der Waals surface area contributed by atoms with Crippen molar-refractivity contribution in [3.05, 3.63) is 47.3 Å². The summed E-state index contributed by atoms with van der Waals surface area (Å²) in [4.78, 5) is 26.6. The molecule has 3 aromatic rings. The first-order valence-corrected chi connectivity index (χ1v) is 12.3. The van der Waals surface area contributed by atoms with Crippen LogP contribution in [0.4, 0.5) is 5.69 Å². The number of hydrogen-bond donors (Lipinski definition) is 0. The molecule has 0 N–H and O–H groups in total. The van der Waals surface area contributed by atoms with Crippen molar-refractivity contribution in [2.75, 3.05) is 31.1 Å². The molecule has 1 aliphatic heterocycles. The van der Waals surface area contributed by atoms with Gasteiger partial charge in [-0.05, 0) is 51.3 Å². The summed E-state index contributed by atoms with van der Waals surface area (Å²) in [5, 5.41) is 5.04. The van der Waals surface area contributed by atoms with Crippen molar-refractivity contribution in [3.63, 3.8) is 0 Å². The number of nitrogens with zero attached hydrogens (tertiary/aromatic N) is 6. The van der Waals surface area contributed by atoms with Crippen LogP contribution in [-0.4, -0.2) is 61.8 Å². The van der Waals surface area contributed by atoms with Gasteiger partial charge in [-0.2, -0.15) is 4.98 Å². The number of thioether (sulfide) groups is 1. The highest BCUT2D eigenvalue weighted by atomic mass is 32.2. The number of aromatic nitrogens is 4. The summed E-state index contributed by atoms with van der Waals surface area (Å²) >= 11 is 1.42. The lowest BCUT2D eigenvalue weighted by Gasteiger charge is -2.37. The smallest absolute Gasteiger partial charge is 0.253 e. The van der Waals surface area contributed by atoms with E-state index in [1.807, 2.05) is 29.3 Å². The van der Waals surface area contributed by atoms with Crippen LogP contribution in [0.15, 0.2) is 35.5 Å². The quantitative estimate of drug-likeness (QED) is 0.507. The monoisotopic (exact) mass is 452 g/mol. The Labute approximate surface area is 194 Å². The largest absolute Gasteiger partial charge is 0.368 e. The van der Waals surface area contributed by atoms with Gasteiger partial charge in [0, 0.05) is 43.3 Å². The zero-order valence-electron chi connectivity index (χ0n) is 19.4. The molecule has 1 unspecified atom stereocenters. The zero-order chi connectivity index (χ0) is 22.7. The van der Waals surface area contributed by atoms with Gasteiger partial charge in [-0.15, -0.1) is 5.10 Å². The average molecular weight is 453 g/mol. The number of benzene rings is 1. The number of fused-ring (bicyclic) bond motifs is 1. The molecule has 7 nitrogen and oxygen atoms in total. The highest BCUT2D eigenvalue weighted by Crippen LogP contribution is 2.25. The maximum Gasteiger partial charge on any atom is 0.253 e. The van der Waals surface area contributed by atoms with E-state index in [-0.39, 0.29) is 11.2 Å². The molecule has 1 aromatic carbocycles. The van der Waals surface area contributed by atoms with Gasteiger partial charge in [0.1, 0.15) is 0 Å². The maximum absolute atomic E-state index is 13.1. The molecule has 3 heterocycles. The number of unbranched alkanes of at least 4 members (excludes halogenated alkanes) is 1. The van der Waals surface area contributed by atoms with Crippen molar-refractivity contribution in [1.82, 2.24) is 24.5 Å². The van der Waals surface area contributed by atoms with Gasteiger partial charge < -0.3 is 9.80 Å². The van der Waals surface area contributed by atoms with Crippen molar-refractivity contribution in [3.8, 4) is 0 Å². The van der Waals surface area contributed by atoms with Crippen molar-refractivity contribution in [2.45, 2.75) is 57.4 Å². The molecule has 8 heteroatoms. The minimum atomic E-state index is -0.239. The van der Waals surface area contributed by atoms with Crippen LogP contribution in [0.1, 0.15) is 43.6 Å². The van der Waals surface area contributed by atoms with E-state index in [9.17, 15) is 4.79 Å². The lowest BCUT2D eigenvalue weighted by molar-refractivity contribution is -0.130. The summed E-state index contributed by atoms with van der Waals surface area (Å²) in [6, 6.07) is 10.4. The zero-order valence-corrected chi connectivity index (χ0v) is 20.2. The number of para-hydroxylation sites is 1. The van der Waals surface area contributed by atoms with E-state index < -0.39 is 0 Å². The normalized spacial score (nSPS) is 15.4. The van der Waals surface area contributed by atoms with Crippen molar-refractivity contribution in [1.29, 1.82) is 0 Å². The Bertz CT molecular complexity index is 1080. The molecule has 0 spiro atoms. The third kappa shape index (κ3) is 4.75. The van der Waals surface area contributed by atoms with Crippen LogP contribution in [-0.2, 0) is 11.2 Å². The molecule has 32 heavy (non-hydrogen) atoms. The van der Waals surface area contributed by atoms with Gasteiger partial charge >= 0.3 is 0 Å². The van der Waals surface area contributed by atoms with Crippen molar-refractivity contribution in [2.24, 2.45) is 0 Å². The van der Waals surface area contributed by atoms with E-state index in [0.29, 0.717) is 10.9 Å². The van der Waals surface area contributed by atoms with E-state index in [1.165, 1.54) is 23.0 Å². The Morgan fingerprint density at radius 3 is 2.50 bits per heavy atom. The summed E-state index contributed by atoms with van der Waals surface area (Å²) in [5.41, 5.74) is 4.58. The minimum Gasteiger partial charge on any atom is -0.368 e. The number of piperazine rings is 1. The van der Waals surface area contributed by atoms with Crippen LogP contribution >= 0.6 is 11.8 Å². The van der Waals surface area contributed by atoms with Gasteiger partial charge in [-0.1, -0.05) is 43.3 Å². The van der Waals surface area contributed by atoms with Crippen LogP contribution in [0.3, 0.4) is 0 Å². The Morgan fingerprint density at radius 2 is 1.81 bits per heavy atom. The minimum absolute atomic E-state index is 0.145. The van der Waals surface area contributed by atoms with Gasteiger partial charge in [0.05, 0.1) is 5.25 Å². The second-order valence-corrected chi connectivity index (χ2v) is 9.69. The molecule has 170 valence electrons. The molecule has 0 bridgehead atoms. The van der Waals surface area contributed by atoms with E-state index in [1.54, 1.807) is 0 Å². The van der Waals surface area contributed by atoms with Crippen molar-refractivity contribution < 1.29 is 4.79 Å². The van der Waals surface area contributed by atoms with E-state index in [0.717, 1.165) is 56.8 Å². The standard InChI is InChI=1S/C24H32N6OS/c1-5-6-12-21-17(2)25-23-26-24(27-30(23)18(21)3)32-19(4)22(31)29-15-13-28(14-16-29)20-10-8-7-9-11-20/h7-11,19H,5-6,12-16H2,1-4H3. The Kier molecular flexibility index (Phi) is 6.98. The number of anilines is 1. The number of carbonyl (C=O) groups excluding carboxylic acids is 1. The predicted octanol–water partition coefficient (Wildman–Crippen LogP) is 3.91. The van der Waals surface area contributed by atoms with Crippen LogP contribution in [0, 0.1) is 13.8 Å². The SMILES string of the molecule is CCCCc1c(C)nc2nc(SC(C)C(=O)N3CCN(c4ccccc4)CC3)nn2c1C. The molecule has 1 amide bonds. The van der Waals surface area contributed by atoms with Crippen LogP contribution < -0.4 is 4.90 Å². The predicted molar refractivity (Wildman–Crippen MR) is 129 cm³/mol. The van der Waals surface area contributed by atoms with Crippen LogP contribution in [0.5, 0.6) is 0 Å². The van der Waals surface area contributed by atoms with Gasteiger partial charge in [-0.25, -0.2) is 9.50 Å². The molecule has 1 saturated heterocycles. The molecule has 0 radical (unpaired) electrons. The second kappa shape index (κ2) is 9.90. The van der Waals surface area contributed by atoms with E-state index >= 15 is 0 Å². The average Bonchev–Trinajstić information content (AvgIpc) is 3.21. The summed E-state index contributed by atoms with van der Waals surface area (Å²) in [7, 11) is 0. The summed E-state index contributed by atoms with van der Waals surface area (Å²) in [6.45, 7) is 11.4. The lowest BCUT2D eigenvalue weighted by Crippen LogP contribution is -2.50. The highest BCUT2D eigenvalue weighted by Gasteiger charge is 2.27. The third-order valence-corrected chi connectivity index (χ3v) is 7.09. The molecular weight excluding hydrogens is 420 g/mol. The van der Waals surface area contributed by atoms with Gasteiger partial charge in [-0.3, -0.25) is 4.79 Å². The fourth-order valence-electron chi connectivity index (χ4n) is 4.24. The molecule has 2 aromatic heterocycles. The number of hydrogen-bond acceptors (Lipinski definition) is 6. The van der Waals surface area contributed by atoms with Crippen LogP contribution in [0.25, 0.3) is 5.78 Å². The van der Waals surface area contributed by atoms with Gasteiger partial charge in [0.2, 0.25) is 11.1 Å². The third-order valence-electron chi connectivity index (χ3n) is 6.15. The summed E-state index contributed by atoms with van der Waals surface area (Å²) < 4.78 is 1.83. The number of amides is 1. The highest BCUT2D eigenvalue weighted by molar-refractivity contribution is 8.00. The number of aryl methyl sites for hydroxylation is 2. The second-order valence-electron chi connectivity index (χ2n) is 8.38. The molecule has 1 fully saturated rings.